The Morgan fingerprint density at radius 1 is 1.37 bits per heavy atom. The summed E-state index contributed by atoms with van der Waals surface area (Å²) in [5, 5.41) is 8.34. The molecule has 1 saturated heterocycles. The van der Waals surface area contributed by atoms with E-state index < -0.39 is 17.9 Å². The van der Waals surface area contributed by atoms with Gasteiger partial charge in [-0.25, -0.2) is 14.8 Å². The summed E-state index contributed by atoms with van der Waals surface area (Å²) in [4.78, 5) is 19.6. The maximum absolute atomic E-state index is 13.6. The van der Waals surface area contributed by atoms with E-state index in [1.807, 2.05) is 0 Å². The van der Waals surface area contributed by atoms with Gasteiger partial charge in [0.25, 0.3) is 0 Å². The third-order valence-corrected chi connectivity index (χ3v) is 5.57. The predicted molar refractivity (Wildman–Crippen MR) is 109 cm³/mol. The van der Waals surface area contributed by atoms with Crippen molar-refractivity contribution in [2.45, 2.75) is 38.5 Å². The summed E-state index contributed by atoms with van der Waals surface area (Å²) in [6, 6.07) is 1.04. The molecule has 0 saturated carbocycles. The number of pyridine rings is 1. The number of anilines is 1. The lowest BCUT2D eigenvalue weighted by atomic mass is 9.93. The molecule has 3 rings (SSSR count). The summed E-state index contributed by atoms with van der Waals surface area (Å²) in [6.07, 6.45) is -1.81. The highest BCUT2D eigenvalue weighted by atomic mass is 32.1. The van der Waals surface area contributed by atoms with Crippen molar-refractivity contribution in [3.05, 3.63) is 22.8 Å². The van der Waals surface area contributed by atoms with E-state index in [2.05, 4.69) is 25.9 Å². The second-order valence-corrected chi connectivity index (χ2v) is 7.78. The number of urea groups is 1. The van der Waals surface area contributed by atoms with Crippen LogP contribution >= 0.6 is 11.3 Å². The van der Waals surface area contributed by atoms with Crippen LogP contribution in [-0.4, -0.2) is 49.6 Å². The minimum Gasteiger partial charge on any atom is -0.381 e. The van der Waals surface area contributed by atoms with E-state index in [1.54, 1.807) is 6.92 Å². The number of thiazole rings is 1. The first-order valence-electron chi connectivity index (χ1n) is 9.46. The molecule has 1 fully saturated rings. The molecule has 0 unspecified atom stereocenters. The number of carbonyl (C=O) groups is 1. The van der Waals surface area contributed by atoms with Gasteiger partial charge in [-0.1, -0.05) is 5.46 Å². The second kappa shape index (κ2) is 9.75. The van der Waals surface area contributed by atoms with E-state index in [0.717, 1.165) is 24.2 Å². The number of halogens is 3. The van der Waals surface area contributed by atoms with Crippen LogP contribution in [0.25, 0.3) is 10.6 Å². The van der Waals surface area contributed by atoms with Crippen molar-refractivity contribution in [2.75, 3.05) is 25.1 Å². The number of rotatable bonds is 6. The molecule has 2 radical (unpaired) electrons. The number of hydrogen-bond donors (Lipinski definition) is 3. The topological polar surface area (TPSA) is 88.2 Å². The van der Waals surface area contributed by atoms with Gasteiger partial charge in [0.2, 0.25) is 0 Å². The molecule has 1 aliphatic heterocycles. The van der Waals surface area contributed by atoms with E-state index >= 15 is 0 Å². The van der Waals surface area contributed by atoms with Gasteiger partial charge in [-0.05, 0) is 25.8 Å². The first kappa shape index (κ1) is 22.5. The van der Waals surface area contributed by atoms with Crippen molar-refractivity contribution in [3.8, 4) is 10.6 Å². The molecule has 160 valence electrons. The molecule has 7 nitrogen and oxygen atoms in total. The standard InChI is InChI=1S/C18H21BF3N5O2S/c1-2-23-17(28)26-14-7-11(12(19)8-25-14)16-27-15(18(20,21)22)13(30-16)9-24-10-3-5-29-6-4-10/h7-8,10,24H,2-6,9H2,1H3,(H2,23,25,26,28). The molecule has 0 aliphatic carbocycles. The van der Waals surface area contributed by atoms with Crippen molar-refractivity contribution in [1.29, 1.82) is 0 Å². The Labute approximate surface area is 177 Å². The van der Waals surface area contributed by atoms with E-state index in [0.29, 0.717) is 19.8 Å². The van der Waals surface area contributed by atoms with Crippen LogP contribution in [0, 0.1) is 0 Å². The fourth-order valence-corrected chi connectivity index (χ4v) is 4.06. The third-order valence-electron chi connectivity index (χ3n) is 4.48. The van der Waals surface area contributed by atoms with Crippen LogP contribution in [0.5, 0.6) is 0 Å². The van der Waals surface area contributed by atoms with Crippen LogP contribution < -0.4 is 21.4 Å². The molecule has 0 atom stereocenters. The van der Waals surface area contributed by atoms with Gasteiger partial charge in [0, 0.05) is 44.1 Å². The summed E-state index contributed by atoms with van der Waals surface area (Å²) in [5.74, 6) is 0.163. The van der Waals surface area contributed by atoms with Crippen molar-refractivity contribution in [1.82, 2.24) is 20.6 Å². The Morgan fingerprint density at radius 3 is 2.77 bits per heavy atom. The monoisotopic (exact) mass is 439 g/mol. The first-order valence-corrected chi connectivity index (χ1v) is 10.3. The second-order valence-electron chi connectivity index (χ2n) is 6.70. The quantitative estimate of drug-likeness (QED) is 0.602. The zero-order valence-corrected chi connectivity index (χ0v) is 17.1. The highest BCUT2D eigenvalue weighted by Crippen LogP contribution is 2.37. The smallest absolute Gasteiger partial charge is 0.381 e. The minimum atomic E-state index is -4.59. The predicted octanol–water partition coefficient (Wildman–Crippen LogP) is 2.43. The van der Waals surface area contributed by atoms with Crippen LogP contribution in [0.3, 0.4) is 0 Å². The summed E-state index contributed by atoms with van der Waals surface area (Å²) in [5.41, 5.74) is -0.482. The largest absolute Gasteiger partial charge is 0.434 e. The maximum atomic E-state index is 13.6. The van der Waals surface area contributed by atoms with Crippen LogP contribution in [0.15, 0.2) is 12.3 Å². The van der Waals surface area contributed by atoms with Crippen LogP contribution in [0.1, 0.15) is 30.3 Å². The van der Waals surface area contributed by atoms with Gasteiger partial charge in [-0.2, -0.15) is 13.2 Å². The average Bonchev–Trinajstić information content (AvgIpc) is 3.13. The van der Waals surface area contributed by atoms with Crippen molar-refractivity contribution in [2.24, 2.45) is 0 Å². The van der Waals surface area contributed by atoms with Crippen molar-refractivity contribution in [3.63, 3.8) is 0 Å². The lowest BCUT2D eigenvalue weighted by Gasteiger charge is -2.23. The van der Waals surface area contributed by atoms with E-state index in [-0.39, 0.29) is 39.3 Å². The number of ether oxygens (including phenoxy) is 1. The number of amides is 2. The summed E-state index contributed by atoms with van der Waals surface area (Å²) in [7, 11) is 5.94. The summed E-state index contributed by atoms with van der Waals surface area (Å²) >= 11 is 0.919. The Balaban J connectivity index is 1.86. The van der Waals surface area contributed by atoms with Gasteiger partial charge < -0.3 is 15.4 Å². The number of hydrogen-bond acceptors (Lipinski definition) is 6. The molecule has 2 aromatic heterocycles. The van der Waals surface area contributed by atoms with Crippen molar-refractivity contribution >= 4 is 36.5 Å². The maximum Gasteiger partial charge on any atom is 0.434 e. The molecule has 0 bridgehead atoms. The van der Waals surface area contributed by atoms with Crippen molar-refractivity contribution < 1.29 is 22.7 Å². The number of aromatic nitrogens is 2. The van der Waals surface area contributed by atoms with Gasteiger partial charge in [-0.3, -0.25) is 5.32 Å². The van der Waals surface area contributed by atoms with Gasteiger partial charge in [0.15, 0.2) is 5.69 Å². The van der Waals surface area contributed by atoms with Crippen LogP contribution in [0.4, 0.5) is 23.8 Å². The molecule has 2 amide bonds. The fourth-order valence-electron chi connectivity index (χ4n) is 2.99. The molecule has 3 heterocycles. The van der Waals surface area contributed by atoms with Gasteiger partial charge in [-0.15, -0.1) is 11.3 Å². The zero-order chi connectivity index (χ0) is 21.7. The molecule has 0 aromatic carbocycles. The zero-order valence-electron chi connectivity index (χ0n) is 16.3. The highest BCUT2D eigenvalue weighted by molar-refractivity contribution is 7.15. The molecule has 30 heavy (non-hydrogen) atoms. The Morgan fingerprint density at radius 2 is 2.10 bits per heavy atom. The Bertz CT molecular complexity index is 887. The number of nitrogens with one attached hydrogen (secondary N) is 3. The lowest BCUT2D eigenvalue weighted by Crippen LogP contribution is -2.34. The van der Waals surface area contributed by atoms with Gasteiger partial charge in [0.05, 0.1) is 4.88 Å². The molecule has 1 aliphatic rings. The lowest BCUT2D eigenvalue weighted by molar-refractivity contribution is -0.141. The number of alkyl halides is 3. The van der Waals surface area contributed by atoms with Gasteiger partial charge >= 0.3 is 12.2 Å². The van der Waals surface area contributed by atoms with Crippen LogP contribution in [0.2, 0.25) is 0 Å². The third kappa shape index (κ3) is 5.70. The van der Waals surface area contributed by atoms with Gasteiger partial charge in [0.1, 0.15) is 18.7 Å². The summed E-state index contributed by atoms with van der Waals surface area (Å²) < 4.78 is 46.0. The van der Waals surface area contributed by atoms with E-state index in [9.17, 15) is 18.0 Å². The fraction of sp³-hybridized carbons (Fsp3) is 0.500. The van der Waals surface area contributed by atoms with E-state index in [1.165, 1.54) is 12.3 Å². The molecule has 2 aromatic rings. The normalized spacial score (nSPS) is 15.2. The number of carbonyl (C=O) groups excluding carboxylic acids is 1. The molecule has 3 N–H and O–H groups in total. The minimum absolute atomic E-state index is 0.0478. The number of nitrogens with zero attached hydrogens (tertiary/aromatic N) is 2. The molecular formula is C18H21BF3N5O2S. The average molecular weight is 439 g/mol. The Kier molecular flexibility index (Phi) is 7.32. The molecule has 12 heteroatoms. The SMILES string of the molecule is [B]c1cnc(NC(=O)NCC)cc1-c1nc(C(F)(F)F)c(CNC2CCOCC2)s1. The molecular weight excluding hydrogens is 418 g/mol. The van der Waals surface area contributed by atoms with E-state index in [4.69, 9.17) is 12.6 Å². The summed E-state index contributed by atoms with van der Waals surface area (Å²) in [6.45, 7) is 3.40. The Hall–Kier alpha value is -2.18. The molecule has 0 spiro atoms. The first-order chi connectivity index (χ1) is 14.3. The highest BCUT2D eigenvalue weighted by Gasteiger charge is 2.37. The van der Waals surface area contributed by atoms with Crippen LogP contribution in [-0.2, 0) is 17.5 Å².